The molecular weight excluding hydrogens is 219 g/mol. The summed E-state index contributed by atoms with van der Waals surface area (Å²) in [7, 11) is 0. The molecule has 17 heavy (non-hydrogen) atoms. The molecule has 0 atom stereocenters. The zero-order valence-corrected chi connectivity index (χ0v) is 9.99. The summed E-state index contributed by atoms with van der Waals surface area (Å²) >= 11 is 0. The van der Waals surface area contributed by atoms with Crippen LogP contribution in [0.15, 0.2) is 18.2 Å². The zero-order valence-electron chi connectivity index (χ0n) is 9.99. The molecule has 1 aliphatic heterocycles. The van der Waals surface area contributed by atoms with E-state index >= 15 is 0 Å². The Labute approximate surface area is 101 Å². The number of likely N-dealkylation sites (tertiary alicyclic amines) is 1. The van der Waals surface area contributed by atoms with Crippen LogP contribution >= 0.6 is 0 Å². The first-order valence-corrected chi connectivity index (χ1v) is 6.14. The van der Waals surface area contributed by atoms with Gasteiger partial charge in [0.05, 0.1) is 0 Å². The molecule has 4 heteroatoms. The Hall–Kier alpha value is -1.13. The predicted octanol–water partition coefficient (Wildman–Crippen LogP) is 1.76. The van der Waals surface area contributed by atoms with Crippen LogP contribution < -0.4 is 10.5 Å². The summed E-state index contributed by atoms with van der Waals surface area (Å²) in [6.07, 6.45) is 2.52. The highest BCUT2D eigenvalue weighted by molar-refractivity contribution is 5.34. The van der Waals surface area contributed by atoms with Gasteiger partial charge in [-0.15, -0.1) is 0 Å². The van der Waals surface area contributed by atoms with Gasteiger partial charge in [0.15, 0.2) is 11.6 Å². The molecule has 94 valence electrons. The van der Waals surface area contributed by atoms with Crippen molar-refractivity contribution in [3.8, 4) is 5.75 Å². The van der Waals surface area contributed by atoms with Crippen molar-refractivity contribution in [3.63, 3.8) is 0 Å². The molecule has 0 unspecified atom stereocenters. The number of hydrogen-bond donors (Lipinski definition) is 1. The molecule has 0 saturated carbocycles. The zero-order chi connectivity index (χ0) is 12.1. The number of hydrogen-bond acceptors (Lipinski definition) is 3. The highest BCUT2D eigenvalue weighted by Crippen LogP contribution is 2.22. The Morgan fingerprint density at radius 1 is 1.29 bits per heavy atom. The van der Waals surface area contributed by atoms with Crippen LogP contribution in [-0.2, 0) is 6.54 Å². The number of halogens is 1. The second-order valence-corrected chi connectivity index (χ2v) is 4.33. The average molecular weight is 238 g/mol. The van der Waals surface area contributed by atoms with E-state index in [2.05, 4.69) is 4.90 Å². The Balaban J connectivity index is 1.89. The molecule has 1 fully saturated rings. The van der Waals surface area contributed by atoms with Crippen molar-refractivity contribution in [3.05, 3.63) is 29.6 Å². The van der Waals surface area contributed by atoms with Crippen molar-refractivity contribution in [1.82, 2.24) is 4.90 Å². The average Bonchev–Trinajstić information content (AvgIpc) is 2.84. The van der Waals surface area contributed by atoms with Crippen LogP contribution in [0.4, 0.5) is 4.39 Å². The van der Waals surface area contributed by atoms with Gasteiger partial charge in [-0.25, -0.2) is 4.39 Å². The van der Waals surface area contributed by atoms with Gasteiger partial charge < -0.3 is 10.5 Å². The fourth-order valence-electron chi connectivity index (χ4n) is 2.16. The predicted molar refractivity (Wildman–Crippen MR) is 65.5 cm³/mol. The van der Waals surface area contributed by atoms with E-state index in [4.69, 9.17) is 10.5 Å². The molecule has 0 spiro atoms. The third-order valence-corrected chi connectivity index (χ3v) is 3.12. The lowest BCUT2D eigenvalue weighted by Crippen LogP contribution is -2.25. The van der Waals surface area contributed by atoms with Gasteiger partial charge in [-0.1, -0.05) is 12.1 Å². The summed E-state index contributed by atoms with van der Waals surface area (Å²) in [5.74, 6) is -0.0106. The fourth-order valence-corrected chi connectivity index (χ4v) is 2.16. The molecule has 0 amide bonds. The maximum absolute atomic E-state index is 13.5. The highest BCUT2D eigenvalue weighted by Gasteiger charge is 2.12. The van der Waals surface area contributed by atoms with Gasteiger partial charge in [-0.05, 0) is 32.0 Å². The summed E-state index contributed by atoms with van der Waals surface area (Å²) in [6, 6.07) is 4.86. The van der Waals surface area contributed by atoms with E-state index in [9.17, 15) is 4.39 Å². The second kappa shape index (κ2) is 5.98. The summed E-state index contributed by atoms with van der Waals surface area (Å²) in [6.45, 7) is 3.94. The molecule has 1 heterocycles. The largest absolute Gasteiger partial charge is 0.489 e. The first-order valence-electron chi connectivity index (χ1n) is 6.14. The monoisotopic (exact) mass is 238 g/mol. The molecule has 2 rings (SSSR count). The van der Waals surface area contributed by atoms with Gasteiger partial charge in [0.25, 0.3) is 0 Å². The van der Waals surface area contributed by atoms with Gasteiger partial charge in [0, 0.05) is 18.7 Å². The molecule has 0 aromatic heterocycles. The summed E-state index contributed by atoms with van der Waals surface area (Å²) in [5, 5.41) is 0. The SMILES string of the molecule is NCc1cccc(F)c1OCCN1CCCC1. The molecule has 0 aliphatic carbocycles. The molecule has 2 N–H and O–H groups in total. The minimum Gasteiger partial charge on any atom is -0.489 e. The molecule has 0 bridgehead atoms. The van der Waals surface area contributed by atoms with Crippen LogP contribution in [0.25, 0.3) is 0 Å². The lowest BCUT2D eigenvalue weighted by atomic mass is 10.2. The number of ether oxygens (including phenoxy) is 1. The van der Waals surface area contributed by atoms with E-state index in [1.807, 2.05) is 0 Å². The first-order chi connectivity index (χ1) is 8.31. The van der Waals surface area contributed by atoms with Crippen LogP contribution in [0, 0.1) is 5.82 Å². The van der Waals surface area contributed by atoms with Crippen molar-refractivity contribution in [1.29, 1.82) is 0 Å². The van der Waals surface area contributed by atoms with Crippen molar-refractivity contribution in [2.24, 2.45) is 5.73 Å². The van der Waals surface area contributed by atoms with E-state index in [1.165, 1.54) is 18.9 Å². The van der Waals surface area contributed by atoms with E-state index in [-0.39, 0.29) is 5.82 Å². The van der Waals surface area contributed by atoms with Gasteiger partial charge >= 0.3 is 0 Å². The van der Waals surface area contributed by atoms with Crippen LogP contribution in [-0.4, -0.2) is 31.1 Å². The maximum Gasteiger partial charge on any atom is 0.165 e. The van der Waals surface area contributed by atoms with Crippen LogP contribution in [0.1, 0.15) is 18.4 Å². The number of nitrogens with zero attached hydrogens (tertiary/aromatic N) is 1. The third kappa shape index (κ3) is 3.17. The van der Waals surface area contributed by atoms with Gasteiger partial charge in [0.2, 0.25) is 0 Å². The molecule has 1 aromatic rings. The normalized spacial score (nSPS) is 16.4. The Morgan fingerprint density at radius 3 is 2.76 bits per heavy atom. The minimum absolute atomic E-state index is 0.302. The molecule has 1 saturated heterocycles. The standard InChI is InChI=1S/C13H19FN2O/c14-12-5-3-4-11(10-15)13(12)17-9-8-16-6-1-2-7-16/h3-5H,1-2,6-10,15H2. The third-order valence-electron chi connectivity index (χ3n) is 3.12. The molecule has 1 aliphatic rings. The number of benzene rings is 1. The van der Waals surface area contributed by atoms with Crippen LogP contribution in [0.5, 0.6) is 5.75 Å². The van der Waals surface area contributed by atoms with E-state index < -0.39 is 0 Å². The number of nitrogens with two attached hydrogens (primary N) is 1. The maximum atomic E-state index is 13.5. The quantitative estimate of drug-likeness (QED) is 0.849. The number of para-hydroxylation sites is 1. The number of rotatable bonds is 5. The molecule has 0 radical (unpaired) electrons. The molecular formula is C13H19FN2O. The topological polar surface area (TPSA) is 38.5 Å². The first kappa shape index (κ1) is 12.3. The summed E-state index contributed by atoms with van der Waals surface area (Å²) in [5.41, 5.74) is 6.28. The Morgan fingerprint density at radius 2 is 2.06 bits per heavy atom. The lowest BCUT2D eigenvalue weighted by Gasteiger charge is -2.16. The van der Waals surface area contributed by atoms with Crippen LogP contribution in [0.2, 0.25) is 0 Å². The highest BCUT2D eigenvalue weighted by atomic mass is 19.1. The lowest BCUT2D eigenvalue weighted by molar-refractivity contribution is 0.229. The fraction of sp³-hybridized carbons (Fsp3) is 0.538. The van der Waals surface area contributed by atoms with Crippen molar-refractivity contribution in [2.75, 3.05) is 26.2 Å². The minimum atomic E-state index is -0.325. The van der Waals surface area contributed by atoms with Gasteiger partial charge in [0.1, 0.15) is 6.61 Å². The van der Waals surface area contributed by atoms with E-state index in [0.717, 1.165) is 25.2 Å². The van der Waals surface area contributed by atoms with Crippen LogP contribution in [0.3, 0.4) is 0 Å². The second-order valence-electron chi connectivity index (χ2n) is 4.33. The van der Waals surface area contributed by atoms with Crippen molar-refractivity contribution < 1.29 is 9.13 Å². The Bertz CT molecular complexity index is 364. The van der Waals surface area contributed by atoms with Crippen molar-refractivity contribution >= 4 is 0 Å². The summed E-state index contributed by atoms with van der Waals surface area (Å²) in [4.78, 5) is 2.34. The Kier molecular flexibility index (Phi) is 4.34. The smallest absolute Gasteiger partial charge is 0.165 e. The van der Waals surface area contributed by atoms with Gasteiger partial charge in [-0.2, -0.15) is 0 Å². The van der Waals surface area contributed by atoms with E-state index in [0.29, 0.717) is 18.9 Å². The van der Waals surface area contributed by atoms with E-state index in [1.54, 1.807) is 12.1 Å². The van der Waals surface area contributed by atoms with Crippen molar-refractivity contribution in [2.45, 2.75) is 19.4 Å². The molecule has 3 nitrogen and oxygen atoms in total. The molecule has 1 aromatic carbocycles. The summed E-state index contributed by atoms with van der Waals surface area (Å²) < 4.78 is 19.1. The van der Waals surface area contributed by atoms with Gasteiger partial charge in [-0.3, -0.25) is 4.90 Å².